The highest BCUT2D eigenvalue weighted by Gasteiger charge is 2.29. The van der Waals surface area contributed by atoms with Gasteiger partial charge in [0.05, 0.1) is 5.03 Å². The molecule has 90 valence electrons. The van der Waals surface area contributed by atoms with Crippen molar-refractivity contribution in [3.63, 3.8) is 0 Å². The number of carbonyl (C=O) groups excluding carboxylic acids is 1. The topological polar surface area (TPSA) is 29.1 Å². The number of hydrogen-bond acceptors (Lipinski definition) is 2. The quantitative estimate of drug-likeness (QED) is 0.824. The number of nitrogens with one attached hydrogen (secondary N) is 1. The van der Waals surface area contributed by atoms with Crippen molar-refractivity contribution in [2.75, 3.05) is 0 Å². The zero-order chi connectivity index (χ0) is 12.6. The second-order valence-electron chi connectivity index (χ2n) is 5.28. The Balaban J connectivity index is 2.24. The number of amides is 1. The van der Waals surface area contributed by atoms with Crippen LogP contribution in [0.2, 0.25) is 0 Å². The van der Waals surface area contributed by atoms with E-state index in [2.05, 4.69) is 44.8 Å². The zero-order valence-electron chi connectivity index (χ0n) is 10.4. The van der Waals surface area contributed by atoms with Crippen molar-refractivity contribution in [2.24, 2.45) is 0 Å². The van der Waals surface area contributed by atoms with Gasteiger partial charge in [-0.25, -0.2) is 0 Å². The lowest BCUT2D eigenvalue weighted by atomic mass is 9.86. The molecule has 1 aliphatic heterocycles. The molecule has 0 aromatic heterocycles. The van der Waals surface area contributed by atoms with Gasteiger partial charge in [0.15, 0.2) is 0 Å². The Bertz CT molecular complexity index is 456. The molecule has 0 bridgehead atoms. The van der Waals surface area contributed by atoms with Gasteiger partial charge in [0.25, 0.3) is 0 Å². The maximum atomic E-state index is 11.7. The lowest BCUT2D eigenvalue weighted by Gasteiger charge is -2.19. The molecule has 0 saturated carbocycles. The van der Waals surface area contributed by atoms with Gasteiger partial charge in [-0.3, -0.25) is 4.79 Å². The van der Waals surface area contributed by atoms with Crippen molar-refractivity contribution >= 4 is 17.7 Å². The predicted molar refractivity (Wildman–Crippen MR) is 72.8 cm³/mol. The van der Waals surface area contributed by atoms with Crippen molar-refractivity contribution in [3.8, 4) is 0 Å². The van der Waals surface area contributed by atoms with Crippen molar-refractivity contribution in [3.05, 3.63) is 47.0 Å². The first-order chi connectivity index (χ1) is 7.88. The lowest BCUT2D eigenvalue weighted by Crippen LogP contribution is -2.17. The minimum absolute atomic E-state index is 0.0310. The van der Waals surface area contributed by atoms with Crippen LogP contribution in [0.15, 0.2) is 35.9 Å². The summed E-state index contributed by atoms with van der Waals surface area (Å²) in [5, 5.41) is 3.33. The summed E-state index contributed by atoms with van der Waals surface area (Å²) in [6, 6.07) is 8.28. The molecule has 0 radical (unpaired) electrons. The van der Waals surface area contributed by atoms with Crippen LogP contribution >= 0.6 is 11.8 Å². The molecule has 1 unspecified atom stereocenters. The average molecular weight is 247 g/mol. The van der Waals surface area contributed by atoms with Gasteiger partial charge in [-0.2, -0.15) is 0 Å². The summed E-state index contributed by atoms with van der Waals surface area (Å²) in [5.74, 6) is 0.0310. The van der Waals surface area contributed by atoms with E-state index in [1.165, 1.54) is 17.3 Å². The van der Waals surface area contributed by atoms with Gasteiger partial charge in [-0.15, -0.1) is 0 Å². The molecule has 1 aliphatic rings. The number of thioether (sulfide) groups is 1. The molecule has 3 heteroatoms. The number of hydrogen-bond donors (Lipinski definition) is 1. The van der Waals surface area contributed by atoms with Crippen molar-refractivity contribution in [1.82, 2.24) is 5.32 Å². The Labute approximate surface area is 106 Å². The number of carbonyl (C=O) groups is 1. The van der Waals surface area contributed by atoms with Gasteiger partial charge >= 0.3 is 0 Å². The van der Waals surface area contributed by atoms with Crippen LogP contribution in [0, 0.1) is 0 Å². The van der Waals surface area contributed by atoms with Crippen LogP contribution in [0.4, 0.5) is 0 Å². The first-order valence-corrected chi connectivity index (χ1v) is 6.53. The summed E-state index contributed by atoms with van der Waals surface area (Å²) >= 11 is 1.48. The number of benzene rings is 1. The summed E-state index contributed by atoms with van der Waals surface area (Å²) in [5.41, 5.74) is 2.47. The van der Waals surface area contributed by atoms with E-state index in [1.54, 1.807) is 0 Å². The Kier molecular flexibility index (Phi) is 3.04. The molecule has 1 aromatic rings. The van der Waals surface area contributed by atoms with Gasteiger partial charge in [0.2, 0.25) is 5.91 Å². The minimum atomic E-state index is -0.142. The Morgan fingerprint density at radius 2 is 1.82 bits per heavy atom. The largest absolute Gasteiger partial charge is 0.320 e. The molecule has 1 N–H and O–H groups in total. The normalized spacial score (nSPS) is 20.5. The molecule has 1 fully saturated rings. The second kappa shape index (κ2) is 4.22. The first-order valence-electron chi connectivity index (χ1n) is 5.65. The molecule has 1 saturated heterocycles. The fraction of sp³-hybridized carbons (Fsp3) is 0.357. The second-order valence-corrected chi connectivity index (χ2v) is 6.48. The van der Waals surface area contributed by atoms with Crippen LogP contribution in [-0.2, 0) is 10.2 Å². The predicted octanol–water partition coefficient (Wildman–Crippen LogP) is 3.36. The van der Waals surface area contributed by atoms with Crippen LogP contribution in [0.5, 0.6) is 0 Å². The summed E-state index contributed by atoms with van der Waals surface area (Å²) in [6.07, 6.45) is 0. The maximum Gasteiger partial charge on any atom is 0.242 e. The van der Waals surface area contributed by atoms with Crippen LogP contribution in [0.3, 0.4) is 0 Å². The zero-order valence-corrected chi connectivity index (χ0v) is 11.2. The van der Waals surface area contributed by atoms with Gasteiger partial charge in [-0.05, 0) is 16.5 Å². The van der Waals surface area contributed by atoms with Crippen molar-refractivity contribution < 1.29 is 4.79 Å². The molecule has 1 atom stereocenters. The summed E-state index contributed by atoms with van der Waals surface area (Å²) in [7, 11) is 0. The van der Waals surface area contributed by atoms with Gasteiger partial charge in [0.1, 0.15) is 5.25 Å². The summed E-state index contributed by atoms with van der Waals surface area (Å²) in [6.45, 7) is 10.3. The van der Waals surface area contributed by atoms with E-state index in [0.717, 1.165) is 10.6 Å². The van der Waals surface area contributed by atoms with Crippen molar-refractivity contribution in [2.45, 2.75) is 31.4 Å². The highest BCUT2D eigenvalue weighted by Crippen LogP contribution is 2.38. The fourth-order valence-corrected chi connectivity index (χ4v) is 2.71. The van der Waals surface area contributed by atoms with Crippen LogP contribution in [0.25, 0.3) is 0 Å². The third-order valence-electron chi connectivity index (χ3n) is 2.84. The third kappa shape index (κ3) is 2.55. The smallest absolute Gasteiger partial charge is 0.242 e. The summed E-state index contributed by atoms with van der Waals surface area (Å²) in [4.78, 5) is 11.7. The van der Waals surface area contributed by atoms with E-state index in [0.29, 0.717) is 0 Å². The minimum Gasteiger partial charge on any atom is -0.320 e. The molecule has 2 nitrogen and oxygen atoms in total. The monoisotopic (exact) mass is 247 g/mol. The van der Waals surface area contributed by atoms with E-state index in [4.69, 9.17) is 0 Å². The molecule has 0 spiro atoms. The molecular weight excluding hydrogens is 230 g/mol. The lowest BCUT2D eigenvalue weighted by molar-refractivity contribution is -0.119. The number of rotatable bonds is 1. The average Bonchev–Trinajstić information content (AvgIpc) is 2.57. The van der Waals surface area contributed by atoms with Gasteiger partial charge in [0, 0.05) is 0 Å². The molecule has 17 heavy (non-hydrogen) atoms. The molecular formula is C14H17NOS. The maximum absolute atomic E-state index is 11.7. The Morgan fingerprint density at radius 1 is 1.24 bits per heavy atom. The fourth-order valence-electron chi connectivity index (χ4n) is 1.81. The Hall–Kier alpha value is -1.22. The van der Waals surface area contributed by atoms with E-state index >= 15 is 0 Å². The highest BCUT2D eigenvalue weighted by atomic mass is 32.2. The standard InChI is InChI=1S/C14H17NOS/c1-9-15-13(16)12(17-9)10-5-7-11(8-6-10)14(2,3)4/h5-8,12H,1H2,2-4H3,(H,15,16). The van der Waals surface area contributed by atoms with Crippen LogP contribution in [-0.4, -0.2) is 5.91 Å². The third-order valence-corrected chi connectivity index (χ3v) is 3.95. The molecule has 1 amide bonds. The van der Waals surface area contributed by atoms with Crippen molar-refractivity contribution in [1.29, 1.82) is 0 Å². The molecule has 1 heterocycles. The van der Waals surface area contributed by atoms with Gasteiger partial charge < -0.3 is 5.32 Å². The molecule has 1 aromatic carbocycles. The van der Waals surface area contributed by atoms with Crippen LogP contribution in [0.1, 0.15) is 37.1 Å². The van der Waals surface area contributed by atoms with E-state index in [-0.39, 0.29) is 16.6 Å². The first kappa shape index (κ1) is 12.2. The van der Waals surface area contributed by atoms with Crippen LogP contribution < -0.4 is 5.32 Å². The van der Waals surface area contributed by atoms with Gasteiger partial charge in [-0.1, -0.05) is 63.4 Å². The SMILES string of the molecule is C=C1NC(=O)C(c2ccc(C(C)(C)C)cc2)S1. The highest BCUT2D eigenvalue weighted by molar-refractivity contribution is 8.04. The molecule has 0 aliphatic carbocycles. The van der Waals surface area contributed by atoms with E-state index in [9.17, 15) is 4.79 Å². The van der Waals surface area contributed by atoms with E-state index in [1.807, 2.05) is 12.1 Å². The summed E-state index contributed by atoms with van der Waals surface area (Å²) < 4.78 is 0. The molecule has 2 rings (SSSR count). The van der Waals surface area contributed by atoms with E-state index < -0.39 is 0 Å². The Morgan fingerprint density at radius 3 is 2.24 bits per heavy atom.